The number of unbranched alkanes of at least 4 members (excludes halogenated alkanes) is 2. The van der Waals surface area contributed by atoms with Crippen LogP contribution in [0.1, 0.15) is 56.9 Å². The summed E-state index contributed by atoms with van der Waals surface area (Å²) in [5, 5.41) is 1.93. The van der Waals surface area contributed by atoms with Crippen LogP contribution in [0.25, 0.3) is 0 Å². The molecule has 0 saturated carbocycles. The standard InChI is InChI=1S/C18H29NO5S/c1-4-6-12-22-17(20)19(3)11-10-15(16-9-8-14-25-16)24-18(21)23-13-7-5-2/h8-9,14-15H,4-7,10-13H2,1-3H3. The number of nitrogens with zero attached hydrogens (tertiary/aromatic N) is 1. The van der Waals surface area contributed by atoms with Gasteiger partial charge < -0.3 is 19.1 Å². The topological polar surface area (TPSA) is 65.1 Å². The number of hydrogen-bond acceptors (Lipinski definition) is 6. The first-order chi connectivity index (χ1) is 12.1. The van der Waals surface area contributed by atoms with Crippen LogP contribution >= 0.6 is 11.3 Å². The number of carbonyl (C=O) groups excluding carboxylic acids is 2. The third-order valence-corrected chi connectivity index (χ3v) is 4.54. The monoisotopic (exact) mass is 371 g/mol. The maximum Gasteiger partial charge on any atom is 0.508 e. The summed E-state index contributed by atoms with van der Waals surface area (Å²) in [5.74, 6) is 0. The lowest BCUT2D eigenvalue weighted by atomic mass is 10.2. The van der Waals surface area contributed by atoms with Crippen molar-refractivity contribution in [3.63, 3.8) is 0 Å². The lowest BCUT2D eigenvalue weighted by Crippen LogP contribution is -2.30. The predicted molar refractivity (Wildman–Crippen MR) is 97.9 cm³/mol. The van der Waals surface area contributed by atoms with Crippen molar-refractivity contribution in [1.29, 1.82) is 0 Å². The Morgan fingerprint density at radius 3 is 2.44 bits per heavy atom. The number of rotatable bonds is 11. The third kappa shape index (κ3) is 8.77. The zero-order valence-corrected chi connectivity index (χ0v) is 16.2. The zero-order valence-electron chi connectivity index (χ0n) is 15.4. The van der Waals surface area contributed by atoms with Crippen LogP contribution in [-0.4, -0.2) is 44.0 Å². The van der Waals surface area contributed by atoms with Crippen molar-refractivity contribution in [1.82, 2.24) is 4.90 Å². The van der Waals surface area contributed by atoms with Gasteiger partial charge >= 0.3 is 12.2 Å². The van der Waals surface area contributed by atoms with Crippen LogP contribution in [0, 0.1) is 0 Å². The second-order valence-electron chi connectivity index (χ2n) is 5.75. The zero-order chi connectivity index (χ0) is 18.5. The molecular weight excluding hydrogens is 342 g/mol. The van der Waals surface area contributed by atoms with Crippen molar-refractivity contribution >= 4 is 23.6 Å². The summed E-state index contributed by atoms with van der Waals surface area (Å²) in [6.45, 7) is 5.28. The van der Waals surface area contributed by atoms with E-state index in [0.29, 0.717) is 26.2 Å². The van der Waals surface area contributed by atoms with Crippen LogP contribution < -0.4 is 0 Å². The van der Waals surface area contributed by atoms with Crippen molar-refractivity contribution < 1.29 is 23.8 Å². The minimum atomic E-state index is -0.667. The van der Waals surface area contributed by atoms with Crippen LogP contribution in [0.4, 0.5) is 9.59 Å². The highest BCUT2D eigenvalue weighted by molar-refractivity contribution is 7.10. The van der Waals surface area contributed by atoms with E-state index in [0.717, 1.165) is 30.6 Å². The van der Waals surface area contributed by atoms with Crippen molar-refractivity contribution in [2.75, 3.05) is 26.8 Å². The minimum absolute atomic E-state index is 0.357. The Bertz CT molecular complexity index is 492. The Morgan fingerprint density at radius 1 is 1.16 bits per heavy atom. The van der Waals surface area contributed by atoms with Crippen LogP contribution in [0.3, 0.4) is 0 Å². The minimum Gasteiger partial charge on any atom is -0.449 e. The van der Waals surface area contributed by atoms with E-state index < -0.39 is 12.3 Å². The molecule has 0 bridgehead atoms. The van der Waals surface area contributed by atoms with Crippen molar-refractivity contribution in [3.05, 3.63) is 22.4 Å². The van der Waals surface area contributed by atoms with Crippen LogP contribution in [0.2, 0.25) is 0 Å². The fraction of sp³-hybridized carbons (Fsp3) is 0.667. The van der Waals surface area contributed by atoms with E-state index in [1.807, 2.05) is 31.4 Å². The van der Waals surface area contributed by atoms with Gasteiger partial charge in [0.15, 0.2) is 0 Å². The summed E-state index contributed by atoms with van der Waals surface area (Å²) in [5.41, 5.74) is 0. The van der Waals surface area contributed by atoms with Gasteiger partial charge in [-0.1, -0.05) is 32.8 Å². The second-order valence-corrected chi connectivity index (χ2v) is 6.73. The number of thiophene rings is 1. The highest BCUT2D eigenvalue weighted by atomic mass is 32.1. The number of hydrogen-bond donors (Lipinski definition) is 0. The molecule has 0 aliphatic rings. The summed E-state index contributed by atoms with van der Waals surface area (Å²) in [7, 11) is 1.68. The molecule has 1 atom stereocenters. The first kappa shape index (κ1) is 21.3. The fourth-order valence-corrected chi connectivity index (χ4v) is 2.79. The molecule has 1 aromatic rings. The fourth-order valence-electron chi connectivity index (χ4n) is 2.00. The molecule has 1 unspecified atom stereocenters. The average Bonchev–Trinajstić information content (AvgIpc) is 3.13. The first-order valence-electron chi connectivity index (χ1n) is 8.83. The normalized spacial score (nSPS) is 11.6. The van der Waals surface area contributed by atoms with Gasteiger partial charge in [0, 0.05) is 24.9 Å². The van der Waals surface area contributed by atoms with Crippen LogP contribution in [0.15, 0.2) is 17.5 Å². The largest absolute Gasteiger partial charge is 0.508 e. The summed E-state index contributed by atoms with van der Waals surface area (Å²) in [6, 6.07) is 3.82. The molecule has 1 heterocycles. The molecular formula is C18H29NO5S. The Balaban J connectivity index is 2.48. The van der Waals surface area contributed by atoms with Gasteiger partial charge in [-0.05, 0) is 24.3 Å². The molecule has 0 saturated heterocycles. The molecule has 142 valence electrons. The highest BCUT2D eigenvalue weighted by Crippen LogP contribution is 2.26. The summed E-state index contributed by atoms with van der Waals surface area (Å²) < 4.78 is 15.7. The number of carbonyl (C=O) groups is 2. The second kappa shape index (κ2) is 12.6. The van der Waals surface area contributed by atoms with Gasteiger partial charge in [-0.2, -0.15) is 0 Å². The third-order valence-electron chi connectivity index (χ3n) is 3.58. The van der Waals surface area contributed by atoms with Gasteiger partial charge in [-0.3, -0.25) is 0 Å². The Kier molecular flexibility index (Phi) is 10.7. The first-order valence-corrected chi connectivity index (χ1v) is 9.71. The summed E-state index contributed by atoms with van der Waals surface area (Å²) in [4.78, 5) is 26.2. The van der Waals surface area contributed by atoms with E-state index >= 15 is 0 Å². The van der Waals surface area contributed by atoms with E-state index in [1.165, 1.54) is 16.2 Å². The molecule has 1 amide bonds. The molecule has 6 nitrogen and oxygen atoms in total. The Hall–Kier alpha value is -1.76. The van der Waals surface area contributed by atoms with Crippen molar-refractivity contribution in [2.45, 2.75) is 52.1 Å². The smallest absolute Gasteiger partial charge is 0.449 e. The van der Waals surface area contributed by atoms with Gasteiger partial charge in [0.1, 0.15) is 6.10 Å². The maximum absolute atomic E-state index is 11.9. The van der Waals surface area contributed by atoms with E-state index in [4.69, 9.17) is 14.2 Å². The van der Waals surface area contributed by atoms with Gasteiger partial charge in [0.25, 0.3) is 0 Å². The highest BCUT2D eigenvalue weighted by Gasteiger charge is 2.21. The molecule has 1 aromatic heterocycles. The summed E-state index contributed by atoms with van der Waals surface area (Å²) >= 11 is 1.51. The van der Waals surface area contributed by atoms with E-state index in [1.54, 1.807) is 7.05 Å². The molecule has 7 heteroatoms. The average molecular weight is 371 g/mol. The lowest BCUT2D eigenvalue weighted by molar-refractivity contribution is 0.0177. The molecule has 0 aliphatic carbocycles. The Labute approximate surface area is 154 Å². The van der Waals surface area contributed by atoms with E-state index in [9.17, 15) is 9.59 Å². The molecule has 0 aromatic carbocycles. The molecule has 0 aliphatic heterocycles. The van der Waals surface area contributed by atoms with E-state index in [2.05, 4.69) is 0 Å². The SMILES string of the molecule is CCCCOC(=O)OC(CCN(C)C(=O)OCCCC)c1cccs1. The summed E-state index contributed by atoms with van der Waals surface area (Å²) in [6.07, 6.45) is 2.62. The molecule has 1 rings (SSSR count). The maximum atomic E-state index is 11.9. The Morgan fingerprint density at radius 2 is 1.84 bits per heavy atom. The molecule has 0 fully saturated rings. The number of amides is 1. The quantitative estimate of drug-likeness (QED) is 0.404. The van der Waals surface area contributed by atoms with Crippen LogP contribution in [0.5, 0.6) is 0 Å². The molecule has 0 N–H and O–H groups in total. The molecule has 0 spiro atoms. The molecule has 0 radical (unpaired) electrons. The van der Waals surface area contributed by atoms with Gasteiger partial charge in [-0.15, -0.1) is 11.3 Å². The van der Waals surface area contributed by atoms with Crippen LogP contribution in [-0.2, 0) is 14.2 Å². The molecule has 25 heavy (non-hydrogen) atoms. The lowest BCUT2D eigenvalue weighted by Gasteiger charge is -2.21. The number of ether oxygens (including phenoxy) is 3. The predicted octanol–water partition coefficient (Wildman–Crippen LogP) is 5.00. The van der Waals surface area contributed by atoms with Gasteiger partial charge in [0.05, 0.1) is 13.2 Å². The van der Waals surface area contributed by atoms with Crippen molar-refractivity contribution in [3.8, 4) is 0 Å². The van der Waals surface area contributed by atoms with Gasteiger partial charge in [-0.25, -0.2) is 9.59 Å². The van der Waals surface area contributed by atoms with E-state index in [-0.39, 0.29) is 6.09 Å². The van der Waals surface area contributed by atoms with Gasteiger partial charge in [0.2, 0.25) is 0 Å². The van der Waals surface area contributed by atoms with Crippen molar-refractivity contribution in [2.24, 2.45) is 0 Å².